The highest BCUT2D eigenvalue weighted by Crippen LogP contribution is 2.27. The Hall–Kier alpha value is -2.24. The molecule has 1 aromatic heterocycles. The Kier molecular flexibility index (Phi) is 5.23. The molecule has 0 aliphatic heterocycles. The van der Waals surface area contributed by atoms with Crippen LogP contribution in [0.5, 0.6) is 0 Å². The molecular weight excluding hydrogens is 404 g/mol. The first-order chi connectivity index (χ1) is 13.1. The number of aliphatic hydroxyl groups is 1. The first-order valence-electron chi connectivity index (χ1n) is 9.25. The largest absolute Gasteiger partial charge is 0.393 e. The van der Waals surface area contributed by atoms with Crippen molar-refractivity contribution in [2.24, 2.45) is 0 Å². The predicted octanol–water partition coefficient (Wildman–Crippen LogP) is 4.70. The summed E-state index contributed by atoms with van der Waals surface area (Å²) >= 11 is 3.50. The summed E-state index contributed by atoms with van der Waals surface area (Å²) in [7, 11) is 0. The first-order valence-corrected chi connectivity index (χ1v) is 10.0. The van der Waals surface area contributed by atoms with Crippen molar-refractivity contribution in [3.05, 3.63) is 64.6 Å². The zero-order valence-corrected chi connectivity index (χ0v) is 16.4. The van der Waals surface area contributed by atoms with Crippen molar-refractivity contribution < 1.29 is 9.90 Å². The minimum absolute atomic E-state index is 0.0776. The average Bonchev–Trinajstić information content (AvgIpc) is 2.69. The SMILES string of the molecule is O=C(NC1CCC(O)CC1)c1cc(-c2cccc(Br)c2)nc2ccccc12. The standard InChI is InChI=1S/C22H21BrN2O2/c23-15-5-3-4-14(12-15)21-13-19(18-6-1-2-7-20(18)25-21)22(27)24-16-8-10-17(26)11-9-16/h1-7,12-13,16-17,26H,8-11H2,(H,24,27). The van der Waals surface area contributed by atoms with E-state index in [4.69, 9.17) is 4.98 Å². The fourth-order valence-corrected chi connectivity index (χ4v) is 4.04. The van der Waals surface area contributed by atoms with E-state index in [1.54, 1.807) is 0 Å². The van der Waals surface area contributed by atoms with Gasteiger partial charge < -0.3 is 10.4 Å². The highest BCUT2D eigenvalue weighted by Gasteiger charge is 2.22. The number of hydrogen-bond acceptors (Lipinski definition) is 3. The molecule has 138 valence electrons. The molecule has 0 spiro atoms. The van der Waals surface area contributed by atoms with E-state index in [1.165, 1.54) is 0 Å². The van der Waals surface area contributed by atoms with E-state index < -0.39 is 0 Å². The Morgan fingerprint density at radius 1 is 1.04 bits per heavy atom. The minimum atomic E-state index is -0.233. The topological polar surface area (TPSA) is 62.2 Å². The summed E-state index contributed by atoms with van der Waals surface area (Å²) in [6, 6.07) is 17.6. The van der Waals surface area contributed by atoms with Crippen molar-refractivity contribution in [3.8, 4) is 11.3 Å². The van der Waals surface area contributed by atoms with Gasteiger partial charge in [0.25, 0.3) is 5.91 Å². The van der Waals surface area contributed by atoms with Crippen LogP contribution in [-0.2, 0) is 0 Å². The zero-order valence-electron chi connectivity index (χ0n) is 14.9. The van der Waals surface area contributed by atoms with Crippen molar-refractivity contribution in [2.45, 2.75) is 37.8 Å². The Bertz CT molecular complexity index is 981. The number of nitrogens with one attached hydrogen (secondary N) is 1. The van der Waals surface area contributed by atoms with Crippen molar-refractivity contribution in [1.29, 1.82) is 0 Å². The highest BCUT2D eigenvalue weighted by molar-refractivity contribution is 9.10. The van der Waals surface area contributed by atoms with Crippen LogP contribution in [0.2, 0.25) is 0 Å². The van der Waals surface area contributed by atoms with E-state index in [0.29, 0.717) is 5.56 Å². The molecule has 1 aliphatic carbocycles. The van der Waals surface area contributed by atoms with Gasteiger partial charge in [-0.05, 0) is 49.9 Å². The summed E-state index contributed by atoms with van der Waals surface area (Å²) in [4.78, 5) is 17.8. The summed E-state index contributed by atoms with van der Waals surface area (Å²) in [6.07, 6.45) is 2.88. The quantitative estimate of drug-likeness (QED) is 0.640. The lowest BCUT2D eigenvalue weighted by Gasteiger charge is -2.26. The van der Waals surface area contributed by atoms with Gasteiger partial charge in [-0.15, -0.1) is 0 Å². The number of nitrogens with zero attached hydrogens (tertiary/aromatic N) is 1. The molecule has 27 heavy (non-hydrogen) atoms. The smallest absolute Gasteiger partial charge is 0.252 e. The third kappa shape index (κ3) is 4.04. The molecule has 0 unspecified atom stereocenters. The number of aliphatic hydroxyl groups excluding tert-OH is 1. The molecule has 1 saturated carbocycles. The van der Waals surface area contributed by atoms with Crippen molar-refractivity contribution in [3.63, 3.8) is 0 Å². The van der Waals surface area contributed by atoms with Gasteiger partial charge in [0.2, 0.25) is 0 Å². The lowest BCUT2D eigenvalue weighted by atomic mass is 9.93. The van der Waals surface area contributed by atoms with Gasteiger partial charge in [0, 0.05) is 21.5 Å². The fraction of sp³-hybridized carbons (Fsp3) is 0.273. The monoisotopic (exact) mass is 424 g/mol. The molecule has 1 aliphatic rings. The number of pyridine rings is 1. The molecule has 3 aromatic rings. The number of amides is 1. The van der Waals surface area contributed by atoms with E-state index >= 15 is 0 Å². The maximum absolute atomic E-state index is 13.0. The van der Waals surface area contributed by atoms with Crippen molar-refractivity contribution >= 4 is 32.7 Å². The van der Waals surface area contributed by atoms with Gasteiger partial charge in [0.05, 0.1) is 22.9 Å². The second-order valence-electron chi connectivity index (χ2n) is 7.06. The molecule has 4 nitrogen and oxygen atoms in total. The molecule has 4 rings (SSSR count). The van der Waals surface area contributed by atoms with Crippen LogP contribution in [0.15, 0.2) is 59.1 Å². The van der Waals surface area contributed by atoms with Gasteiger partial charge in [-0.3, -0.25) is 4.79 Å². The molecule has 0 saturated heterocycles. The van der Waals surface area contributed by atoms with Crippen molar-refractivity contribution in [2.75, 3.05) is 0 Å². The van der Waals surface area contributed by atoms with E-state index in [2.05, 4.69) is 21.2 Å². The van der Waals surface area contributed by atoms with Crippen LogP contribution in [0.1, 0.15) is 36.0 Å². The lowest BCUT2D eigenvalue weighted by molar-refractivity contribution is 0.0869. The molecule has 0 atom stereocenters. The van der Waals surface area contributed by atoms with Gasteiger partial charge in [-0.2, -0.15) is 0 Å². The third-order valence-electron chi connectivity index (χ3n) is 5.11. The second-order valence-corrected chi connectivity index (χ2v) is 7.98. The van der Waals surface area contributed by atoms with Gasteiger partial charge in [0.15, 0.2) is 0 Å². The number of benzene rings is 2. The van der Waals surface area contributed by atoms with Crippen LogP contribution >= 0.6 is 15.9 Å². The summed E-state index contributed by atoms with van der Waals surface area (Å²) in [5.74, 6) is -0.0776. The molecule has 0 radical (unpaired) electrons. The van der Waals surface area contributed by atoms with Gasteiger partial charge in [-0.1, -0.05) is 46.3 Å². The number of para-hydroxylation sites is 1. The van der Waals surface area contributed by atoms with E-state index in [9.17, 15) is 9.90 Å². The summed E-state index contributed by atoms with van der Waals surface area (Å²) < 4.78 is 0.974. The number of carbonyl (C=O) groups is 1. The van der Waals surface area contributed by atoms with Gasteiger partial charge in [-0.25, -0.2) is 4.98 Å². The third-order valence-corrected chi connectivity index (χ3v) is 5.61. The van der Waals surface area contributed by atoms with Crippen molar-refractivity contribution in [1.82, 2.24) is 10.3 Å². The Morgan fingerprint density at radius 3 is 2.59 bits per heavy atom. The molecule has 1 fully saturated rings. The van der Waals surface area contributed by atoms with Crippen LogP contribution in [-0.4, -0.2) is 28.1 Å². The Balaban J connectivity index is 1.71. The molecule has 1 heterocycles. The van der Waals surface area contributed by atoms with E-state index in [-0.39, 0.29) is 18.1 Å². The Morgan fingerprint density at radius 2 is 1.81 bits per heavy atom. The van der Waals surface area contributed by atoms with E-state index in [1.807, 2.05) is 54.6 Å². The zero-order chi connectivity index (χ0) is 18.8. The molecular formula is C22H21BrN2O2. The number of fused-ring (bicyclic) bond motifs is 1. The van der Waals surface area contributed by atoms with E-state index in [0.717, 1.165) is 52.3 Å². The van der Waals surface area contributed by atoms with Crippen LogP contribution in [0, 0.1) is 0 Å². The average molecular weight is 425 g/mol. The van der Waals surface area contributed by atoms with Crippen LogP contribution in [0.3, 0.4) is 0 Å². The molecule has 0 bridgehead atoms. The van der Waals surface area contributed by atoms with Gasteiger partial charge in [0.1, 0.15) is 0 Å². The molecule has 1 amide bonds. The number of hydrogen-bond donors (Lipinski definition) is 2. The lowest BCUT2D eigenvalue weighted by Crippen LogP contribution is -2.38. The number of aromatic nitrogens is 1. The number of carbonyl (C=O) groups excluding carboxylic acids is 1. The van der Waals surface area contributed by atoms with Gasteiger partial charge >= 0.3 is 0 Å². The minimum Gasteiger partial charge on any atom is -0.393 e. The second kappa shape index (κ2) is 7.79. The summed E-state index contributed by atoms with van der Waals surface area (Å²) in [5, 5.41) is 13.7. The number of halogens is 1. The predicted molar refractivity (Wildman–Crippen MR) is 111 cm³/mol. The maximum Gasteiger partial charge on any atom is 0.252 e. The first kappa shape index (κ1) is 18.1. The Labute approximate surface area is 166 Å². The molecule has 2 aromatic carbocycles. The molecule has 2 N–H and O–H groups in total. The van der Waals surface area contributed by atoms with Crippen LogP contribution < -0.4 is 5.32 Å². The normalized spacial score (nSPS) is 19.8. The highest BCUT2D eigenvalue weighted by atomic mass is 79.9. The summed E-state index contributed by atoms with van der Waals surface area (Å²) in [6.45, 7) is 0. The molecule has 5 heteroatoms. The number of rotatable bonds is 3. The fourth-order valence-electron chi connectivity index (χ4n) is 3.64. The summed E-state index contributed by atoms with van der Waals surface area (Å²) in [5.41, 5.74) is 3.19. The van der Waals surface area contributed by atoms with Crippen LogP contribution in [0.25, 0.3) is 22.2 Å². The van der Waals surface area contributed by atoms with Crippen LogP contribution in [0.4, 0.5) is 0 Å². The maximum atomic E-state index is 13.0.